The minimum absolute atomic E-state index is 0.181. The summed E-state index contributed by atoms with van der Waals surface area (Å²) >= 11 is 0. The first-order valence-corrected chi connectivity index (χ1v) is 7.66. The molecule has 0 radical (unpaired) electrons. The Balaban J connectivity index is 2.04. The molecule has 1 aliphatic heterocycles. The summed E-state index contributed by atoms with van der Waals surface area (Å²) in [6.45, 7) is 8.22. The fraction of sp³-hybridized carbons (Fsp3) is 0.588. The maximum Gasteiger partial charge on any atom is 0.220 e. The summed E-state index contributed by atoms with van der Waals surface area (Å²) in [5.41, 5.74) is 2.40. The quantitative estimate of drug-likeness (QED) is 0.875. The molecule has 1 fully saturated rings. The number of rotatable bonds is 6. The molecular formula is C17H26N2O2. The lowest BCUT2D eigenvalue weighted by atomic mass is 10.1. The van der Waals surface area contributed by atoms with Crippen LogP contribution in [0, 0.1) is 6.92 Å². The molecule has 1 aromatic rings. The highest BCUT2D eigenvalue weighted by Crippen LogP contribution is 2.21. The van der Waals surface area contributed by atoms with Gasteiger partial charge >= 0.3 is 0 Å². The Labute approximate surface area is 127 Å². The summed E-state index contributed by atoms with van der Waals surface area (Å²) in [6, 6.07) is 7.09. The van der Waals surface area contributed by atoms with E-state index in [1.807, 2.05) is 0 Å². The van der Waals surface area contributed by atoms with Crippen molar-refractivity contribution in [3.63, 3.8) is 0 Å². The SMILES string of the molecule is COc1cc(CN(CC2CCC(=O)N2)C(C)C)ccc1C. The number of hydrogen-bond acceptors (Lipinski definition) is 3. The van der Waals surface area contributed by atoms with Gasteiger partial charge in [-0.25, -0.2) is 0 Å². The number of aryl methyl sites for hydroxylation is 1. The van der Waals surface area contributed by atoms with E-state index in [9.17, 15) is 4.79 Å². The Hall–Kier alpha value is -1.55. The predicted molar refractivity (Wildman–Crippen MR) is 84.4 cm³/mol. The lowest BCUT2D eigenvalue weighted by Crippen LogP contribution is -2.41. The van der Waals surface area contributed by atoms with Gasteiger partial charge in [0, 0.05) is 31.6 Å². The van der Waals surface area contributed by atoms with Crippen LogP contribution in [0.3, 0.4) is 0 Å². The Morgan fingerprint density at radius 1 is 1.43 bits per heavy atom. The van der Waals surface area contributed by atoms with E-state index in [4.69, 9.17) is 4.74 Å². The Morgan fingerprint density at radius 3 is 2.76 bits per heavy atom. The Kier molecular flexibility index (Phi) is 5.23. The van der Waals surface area contributed by atoms with Crippen molar-refractivity contribution < 1.29 is 9.53 Å². The van der Waals surface area contributed by atoms with E-state index in [0.717, 1.165) is 30.8 Å². The number of carbonyl (C=O) groups excluding carboxylic acids is 1. The van der Waals surface area contributed by atoms with Crippen LogP contribution in [0.2, 0.25) is 0 Å². The van der Waals surface area contributed by atoms with Crippen molar-refractivity contribution in [3.05, 3.63) is 29.3 Å². The summed E-state index contributed by atoms with van der Waals surface area (Å²) in [5.74, 6) is 1.12. The van der Waals surface area contributed by atoms with E-state index in [1.165, 1.54) is 5.56 Å². The molecule has 21 heavy (non-hydrogen) atoms. The molecule has 1 amide bonds. The molecule has 0 saturated carbocycles. The zero-order chi connectivity index (χ0) is 15.4. The lowest BCUT2D eigenvalue weighted by molar-refractivity contribution is -0.119. The summed E-state index contributed by atoms with van der Waals surface area (Å²) in [6.07, 6.45) is 1.61. The second kappa shape index (κ2) is 6.94. The van der Waals surface area contributed by atoms with Gasteiger partial charge in [0.05, 0.1) is 7.11 Å². The molecule has 1 heterocycles. The van der Waals surface area contributed by atoms with E-state index in [1.54, 1.807) is 7.11 Å². The summed E-state index contributed by atoms with van der Waals surface area (Å²) in [5, 5.41) is 3.05. The van der Waals surface area contributed by atoms with Gasteiger partial charge < -0.3 is 10.1 Å². The normalized spacial score (nSPS) is 18.4. The molecule has 4 nitrogen and oxygen atoms in total. The van der Waals surface area contributed by atoms with Crippen LogP contribution >= 0.6 is 0 Å². The molecule has 0 aromatic heterocycles. The van der Waals surface area contributed by atoms with Crippen molar-refractivity contribution in [1.29, 1.82) is 0 Å². The molecular weight excluding hydrogens is 264 g/mol. The summed E-state index contributed by atoms with van der Waals surface area (Å²) in [4.78, 5) is 13.7. The largest absolute Gasteiger partial charge is 0.496 e. The number of amides is 1. The summed E-state index contributed by atoms with van der Waals surface area (Å²) in [7, 11) is 1.71. The first kappa shape index (κ1) is 15.8. The van der Waals surface area contributed by atoms with Gasteiger partial charge in [0.1, 0.15) is 5.75 Å². The maximum absolute atomic E-state index is 11.3. The highest BCUT2D eigenvalue weighted by molar-refractivity contribution is 5.78. The van der Waals surface area contributed by atoms with E-state index in [2.05, 4.69) is 49.2 Å². The van der Waals surface area contributed by atoms with E-state index < -0.39 is 0 Å². The second-order valence-electron chi connectivity index (χ2n) is 6.13. The van der Waals surface area contributed by atoms with Crippen molar-refractivity contribution in [2.75, 3.05) is 13.7 Å². The first-order chi connectivity index (χ1) is 9.99. The Bertz CT molecular complexity index is 500. The third-order valence-electron chi connectivity index (χ3n) is 4.13. The number of hydrogen-bond donors (Lipinski definition) is 1. The zero-order valence-corrected chi connectivity index (χ0v) is 13.5. The standard InChI is InChI=1S/C17H26N2O2/c1-12(2)19(11-15-7-8-17(20)18-15)10-14-6-5-13(3)16(9-14)21-4/h5-6,9,12,15H,7-8,10-11H2,1-4H3,(H,18,20). The van der Waals surface area contributed by atoms with E-state index >= 15 is 0 Å². The molecule has 2 rings (SSSR count). The highest BCUT2D eigenvalue weighted by Gasteiger charge is 2.24. The van der Waals surface area contributed by atoms with Crippen LogP contribution in [-0.2, 0) is 11.3 Å². The number of nitrogens with zero attached hydrogens (tertiary/aromatic N) is 1. The highest BCUT2D eigenvalue weighted by atomic mass is 16.5. The maximum atomic E-state index is 11.3. The monoisotopic (exact) mass is 290 g/mol. The van der Waals surface area contributed by atoms with Crippen LogP contribution in [0.5, 0.6) is 5.75 Å². The van der Waals surface area contributed by atoms with Gasteiger partial charge in [-0.3, -0.25) is 9.69 Å². The molecule has 4 heteroatoms. The van der Waals surface area contributed by atoms with Crippen LogP contribution in [0.4, 0.5) is 0 Å². The van der Waals surface area contributed by atoms with Crippen LogP contribution in [0.25, 0.3) is 0 Å². The van der Waals surface area contributed by atoms with E-state index in [0.29, 0.717) is 12.5 Å². The lowest BCUT2D eigenvalue weighted by Gasteiger charge is -2.29. The predicted octanol–water partition coefficient (Wildman–Crippen LogP) is 2.49. The van der Waals surface area contributed by atoms with Crippen molar-refractivity contribution in [3.8, 4) is 5.75 Å². The molecule has 1 atom stereocenters. The topological polar surface area (TPSA) is 41.6 Å². The number of ether oxygens (including phenoxy) is 1. The van der Waals surface area contributed by atoms with Gasteiger partial charge in [-0.15, -0.1) is 0 Å². The number of carbonyl (C=O) groups is 1. The van der Waals surface area contributed by atoms with Crippen LogP contribution in [-0.4, -0.2) is 36.5 Å². The number of nitrogens with one attached hydrogen (secondary N) is 1. The molecule has 0 spiro atoms. The molecule has 116 valence electrons. The van der Waals surface area contributed by atoms with Crippen LogP contribution < -0.4 is 10.1 Å². The number of methoxy groups -OCH3 is 1. The molecule has 1 N–H and O–H groups in total. The minimum Gasteiger partial charge on any atom is -0.496 e. The molecule has 1 unspecified atom stereocenters. The van der Waals surface area contributed by atoms with Gasteiger partial charge in [-0.1, -0.05) is 12.1 Å². The smallest absolute Gasteiger partial charge is 0.220 e. The van der Waals surface area contributed by atoms with Crippen molar-refractivity contribution >= 4 is 5.91 Å². The summed E-state index contributed by atoms with van der Waals surface area (Å²) < 4.78 is 5.40. The van der Waals surface area contributed by atoms with Gasteiger partial charge in [-0.05, 0) is 44.4 Å². The average molecular weight is 290 g/mol. The number of benzene rings is 1. The minimum atomic E-state index is 0.181. The molecule has 1 aliphatic rings. The van der Waals surface area contributed by atoms with Crippen LogP contribution in [0.1, 0.15) is 37.8 Å². The van der Waals surface area contributed by atoms with Crippen molar-refractivity contribution in [2.45, 2.75) is 52.2 Å². The molecule has 1 aromatic carbocycles. The van der Waals surface area contributed by atoms with Gasteiger partial charge in [0.15, 0.2) is 0 Å². The van der Waals surface area contributed by atoms with Gasteiger partial charge in [-0.2, -0.15) is 0 Å². The second-order valence-corrected chi connectivity index (χ2v) is 6.13. The average Bonchev–Trinajstić information content (AvgIpc) is 2.85. The fourth-order valence-electron chi connectivity index (χ4n) is 2.75. The molecule has 1 saturated heterocycles. The first-order valence-electron chi connectivity index (χ1n) is 7.66. The fourth-order valence-corrected chi connectivity index (χ4v) is 2.75. The molecule has 0 bridgehead atoms. The Morgan fingerprint density at radius 2 is 2.19 bits per heavy atom. The van der Waals surface area contributed by atoms with Crippen LogP contribution in [0.15, 0.2) is 18.2 Å². The van der Waals surface area contributed by atoms with Gasteiger partial charge in [0.25, 0.3) is 0 Å². The third-order valence-corrected chi connectivity index (χ3v) is 4.13. The van der Waals surface area contributed by atoms with Crippen molar-refractivity contribution in [1.82, 2.24) is 10.2 Å². The van der Waals surface area contributed by atoms with Crippen molar-refractivity contribution in [2.24, 2.45) is 0 Å². The third kappa shape index (κ3) is 4.21. The van der Waals surface area contributed by atoms with Gasteiger partial charge in [0.2, 0.25) is 5.91 Å². The molecule has 0 aliphatic carbocycles. The zero-order valence-electron chi connectivity index (χ0n) is 13.5. The van der Waals surface area contributed by atoms with E-state index in [-0.39, 0.29) is 11.9 Å².